The lowest BCUT2D eigenvalue weighted by Crippen LogP contribution is -2.37. The predicted octanol–water partition coefficient (Wildman–Crippen LogP) is 0.157. The maximum absolute atomic E-state index is 10.7. The van der Waals surface area contributed by atoms with Gasteiger partial charge in [-0.1, -0.05) is 0 Å². The van der Waals surface area contributed by atoms with Gasteiger partial charge in [0, 0.05) is 14.3 Å². The summed E-state index contributed by atoms with van der Waals surface area (Å²) in [5, 5.41) is 2.93. The smallest absolute Gasteiger partial charge is 0.217 e. The highest BCUT2D eigenvalue weighted by molar-refractivity contribution is 5.74. The molecule has 1 aliphatic carbocycles. The minimum atomic E-state index is 0. The molecule has 0 spiro atoms. The number of ether oxygens (including phenoxy) is 1. The first-order chi connectivity index (χ1) is 4.73. The first-order valence-electron chi connectivity index (χ1n) is 3.59. The predicted molar refractivity (Wildman–Crippen MR) is 37.6 cm³/mol. The van der Waals surface area contributed by atoms with Gasteiger partial charge < -0.3 is 10.1 Å². The Balaban J connectivity index is 0.000000605. The third-order valence-electron chi connectivity index (χ3n) is 2.34. The molecule has 1 saturated heterocycles. The van der Waals surface area contributed by atoms with Crippen LogP contribution in [-0.4, -0.2) is 24.7 Å². The molecule has 1 aliphatic heterocycles. The molecule has 2 rings (SSSR count). The average Bonchev–Trinajstić information content (AvgIpc) is 2.33. The zero-order valence-electron chi connectivity index (χ0n) is 6.02. The Kier molecular flexibility index (Phi) is 1.06. The minimum Gasteiger partial charge on any atom is -0.379 e. The van der Waals surface area contributed by atoms with E-state index >= 15 is 0 Å². The topological polar surface area (TPSA) is 38.3 Å². The van der Waals surface area contributed by atoms with Crippen LogP contribution in [0.1, 0.15) is 14.8 Å². The number of amides is 1. The normalized spacial score (nSPS) is 42.7. The summed E-state index contributed by atoms with van der Waals surface area (Å²) in [5.74, 6) is 0.671. The molecule has 2 atom stereocenters. The lowest BCUT2D eigenvalue weighted by Gasteiger charge is -2.10. The molecular weight excluding hydrogens is 130 g/mol. The molecule has 0 aromatic rings. The third kappa shape index (κ3) is 0.736. The largest absolute Gasteiger partial charge is 0.379 e. The van der Waals surface area contributed by atoms with Crippen molar-refractivity contribution in [2.45, 2.75) is 18.9 Å². The summed E-state index contributed by atoms with van der Waals surface area (Å²) in [6, 6.07) is 0. The number of carbonyl (C=O) groups is 1. The second-order valence-electron chi connectivity index (χ2n) is 3.25. The molecule has 0 unspecified atom stereocenters. The zero-order chi connectivity index (χ0) is 7.19. The SMILES string of the molecule is CC(=O)N[C@]12COC[C@H]1C2.[HH]. The molecule has 0 aromatic carbocycles. The van der Waals surface area contributed by atoms with E-state index in [2.05, 4.69) is 5.32 Å². The van der Waals surface area contributed by atoms with Gasteiger partial charge in [-0.05, 0) is 6.42 Å². The maximum atomic E-state index is 10.7. The molecule has 0 bridgehead atoms. The molecule has 3 heteroatoms. The summed E-state index contributed by atoms with van der Waals surface area (Å²) < 4.78 is 5.20. The molecule has 3 nitrogen and oxygen atoms in total. The van der Waals surface area contributed by atoms with Gasteiger partial charge in [-0.25, -0.2) is 0 Å². The van der Waals surface area contributed by atoms with Crippen LogP contribution in [0.15, 0.2) is 0 Å². The lowest BCUT2D eigenvalue weighted by atomic mass is 10.2. The summed E-state index contributed by atoms with van der Waals surface area (Å²) in [7, 11) is 0. The van der Waals surface area contributed by atoms with E-state index < -0.39 is 0 Å². The van der Waals surface area contributed by atoms with Crippen LogP contribution in [0, 0.1) is 5.92 Å². The third-order valence-corrected chi connectivity index (χ3v) is 2.34. The first kappa shape index (κ1) is 6.16. The molecule has 1 heterocycles. The molecule has 2 aliphatic rings. The van der Waals surface area contributed by atoms with E-state index in [1.54, 1.807) is 6.92 Å². The first-order valence-corrected chi connectivity index (χ1v) is 3.59. The Labute approximate surface area is 61.2 Å². The van der Waals surface area contributed by atoms with Gasteiger partial charge in [-0.2, -0.15) is 0 Å². The summed E-state index contributed by atoms with van der Waals surface area (Å²) in [5.41, 5.74) is 0.0613. The second kappa shape index (κ2) is 1.72. The van der Waals surface area contributed by atoms with Crippen molar-refractivity contribution in [3.63, 3.8) is 0 Å². The van der Waals surface area contributed by atoms with Crippen molar-refractivity contribution < 1.29 is 11.0 Å². The van der Waals surface area contributed by atoms with Crippen molar-refractivity contribution >= 4 is 5.91 Å². The van der Waals surface area contributed by atoms with Gasteiger partial charge in [0.25, 0.3) is 0 Å². The quantitative estimate of drug-likeness (QED) is 0.567. The number of fused-ring (bicyclic) bond motifs is 1. The van der Waals surface area contributed by atoms with Crippen LogP contribution in [0.25, 0.3) is 0 Å². The molecule has 58 valence electrons. The van der Waals surface area contributed by atoms with E-state index in [0.717, 1.165) is 19.6 Å². The molecule has 1 saturated carbocycles. The molecule has 0 radical (unpaired) electrons. The van der Waals surface area contributed by atoms with Gasteiger partial charge in [-0.15, -0.1) is 0 Å². The Bertz CT molecular complexity index is 185. The molecule has 2 fully saturated rings. The molecular formula is C7H13NO2. The van der Waals surface area contributed by atoms with Gasteiger partial charge in [0.15, 0.2) is 0 Å². The van der Waals surface area contributed by atoms with E-state index in [-0.39, 0.29) is 12.9 Å². The highest BCUT2D eigenvalue weighted by Crippen LogP contribution is 2.48. The van der Waals surface area contributed by atoms with Crippen molar-refractivity contribution in [2.24, 2.45) is 5.92 Å². The maximum Gasteiger partial charge on any atom is 0.217 e. The van der Waals surface area contributed by atoms with Crippen LogP contribution < -0.4 is 5.32 Å². The van der Waals surface area contributed by atoms with E-state index in [1.807, 2.05) is 0 Å². The van der Waals surface area contributed by atoms with Crippen LogP contribution in [0.2, 0.25) is 0 Å². The van der Waals surface area contributed by atoms with E-state index in [0.29, 0.717) is 5.92 Å². The number of carbonyl (C=O) groups excluding carboxylic acids is 1. The summed E-state index contributed by atoms with van der Waals surface area (Å²) in [6.07, 6.45) is 1.12. The van der Waals surface area contributed by atoms with Crippen molar-refractivity contribution in [1.29, 1.82) is 0 Å². The Morgan fingerprint density at radius 2 is 2.70 bits per heavy atom. The minimum absolute atomic E-state index is 0. The van der Waals surface area contributed by atoms with Crippen LogP contribution in [0.3, 0.4) is 0 Å². The number of rotatable bonds is 1. The zero-order valence-corrected chi connectivity index (χ0v) is 6.02. The van der Waals surface area contributed by atoms with Crippen molar-refractivity contribution in [3.8, 4) is 0 Å². The number of hydrogen-bond donors (Lipinski definition) is 1. The van der Waals surface area contributed by atoms with Gasteiger partial charge in [0.1, 0.15) is 0 Å². The molecule has 1 N–H and O–H groups in total. The van der Waals surface area contributed by atoms with E-state index in [9.17, 15) is 4.79 Å². The van der Waals surface area contributed by atoms with Crippen LogP contribution >= 0.6 is 0 Å². The van der Waals surface area contributed by atoms with E-state index in [1.165, 1.54) is 0 Å². The standard InChI is InChI=1S/C7H11NO2.H2/c1-5(9)8-7-2-6(7)3-10-4-7;/h6H,2-4H2,1H3,(H,8,9);1H/t6-,7-;/m1./s1. The second-order valence-corrected chi connectivity index (χ2v) is 3.25. The van der Waals surface area contributed by atoms with Gasteiger partial charge in [0.2, 0.25) is 5.91 Å². The van der Waals surface area contributed by atoms with Crippen LogP contribution in [0.4, 0.5) is 0 Å². The fourth-order valence-electron chi connectivity index (χ4n) is 1.70. The fraction of sp³-hybridized carbons (Fsp3) is 0.857. The van der Waals surface area contributed by atoms with E-state index in [4.69, 9.17) is 4.74 Å². The Morgan fingerprint density at radius 3 is 3.10 bits per heavy atom. The van der Waals surface area contributed by atoms with Gasteiger partial charge in [0.05, 0.1) is 18.8 Å². The summed E-state index contributed by atoms with van der Waals surface area (Å²) in [4.78, 5) is 10.7. The van der Waals surface area contributed by atoms with Crippen LogP contribution in [-0.2, 0) is 9.53 Å². The summed E-state index contributed by atoms with van der Waals surface area (Å²) >= 11 is 0. The average molecular weight is 143 g/mol. The van der Waals surface area contributed by atoms with Crippen molar-refractivity contribution in [2.75, 3.05) is 13.2 Å². The van der Waals surface area contributed by atoms with Crippen LogP contribution in [0.5, 0.6) is 0 Å². The highest BCUT2D eigenvalue weighted by Gasteiger charge is 2.58. The Hall–Kier alpha value is -0.570. The molecule has 1 amide bonds. The molecule has 10 heavy (non-hydrogen) atoms. The lowest BCUT2D eigenvalue weighted by molar-refractivity contribution is -0.120. The van der Waals surface area contributed by atoms with Gasteiger partial charge >= 0.3 is 0 Å². The van der Waals surface area contributed by atoms with Crippen molar-refractivity contribution in [3.05, 3.63) is 0 Å². The Morgan fingerprint density at radius 1 is 1.90 bits per heavy atom. The number of nitrogens with one attached hydrogen (secondary N) is 1. The van der Waals surface area contributed by atoms with Gasteiger partial charge in [-0.3, -0.25) is 4.79 Å². The number of hydrogen-bond acceptors (Lipinski definition) is 2. The monoisotopic (exact) mass is 143 g/mol. The highest BCUT2D eigenvalue weighted by atomic mass is 16.5. The fourth-order valence-corrected chi connectivity index (χ4v) is 1.70. The summed E-state index contributed by atoms with van der Waals surface area (Å²) in [6.45, 7) is 3.11. The van der Waals surface area contributed by atoms with Crippen molar-refractivity contribution in [1.82, 2.24) is 5.32 Å². The molecule has 0 aromatic heterocycles.